The van der Waals surface area contributed by atoms with Crippen molar-refractivity contribution in [2.75, 3.05) is 29.6 Å². The van der Waals surface area contributed by atoms with Crippen molar-refractivity contribution in [2.45, 2.75) is 32.8 Å². The van der Waals surface area contributed by atoms with Crippen LogP contribution in [0.2, 0.25) is 0 Å². The van der Waals surface area contributed by atoms with Crippen LogP contribution in [0.5, 0.6) is 5.88 Å². The van der Waals surface area contributed by atoms with E-state index in [9.17, 15) is 8.42 Å². The number of anilines is 2. The molecule has 6 nitrogen and oxygen atoms in total. The van der Waals surface area contributed by atoms with Crippen molar-refractivity contribution in [3.8, 4) is 5.88 Å². The van der Waals surface area contributed by atoms with E-state index >= 15 is 0 Å². The molecule has 0 aliphatic rings. The Morgan fingerprint density at radius 2 is 2.00 bits per heavy atom. The molecule has 0 unspecified atom stereocenters. The summed E-state index contributed by atoms with van der Waals surface area (Å²) in [6.45, 7) is 6.28. The molecular formula is C13H23N3O3S. The molecule has 1 rings (SSSR count). The summed E-state index contributed by atoms with van der Waals surface area (Å²) in [4.78, 5) is 4.28. The van der Waals surface area contributed by atoms with E-state index in [0.29, 0.717) is 30.4 Å². The molecule has 1 heterocycles. The van der Waals surface area contributed by atoms with Crippen LogP contribution in [0.4, 0.5) is 11.5 Å². The molecule has 1 aromatic rings. The number of nitrogens with zero attached hydrogens (tertiary/aromatic N) is 1. The molecule has 0 aromatic carbocycles. The first-order chi connectivity index (χ1) is 9.07. The normalized spacial score (nSPS) is 12.2. The third-order valence-corrected chi connectivity index (χ3v) is 3.32. The van der Waals surface area contributed by atoms with Crippen LogP contribution in [-0.4, -0.2) is 37.6 Å². The van der Waals surface area contributed by atoms with E-state index in [1.54, 1.807) is 12.1 Å². The van der Waals surface area contributed by atoms with Crippen LogP contribution in [0.3, 0.4) is 0 Å². The maximum Gasteiger partial charge on any atom is 0.239 e. The van der Waals surface area contributed by atoms with E-state index in [4.69, 9.17) is 10.5 Å². The lowest BCUT2D eigenvalue weighted by atomic mass is 10.2. The number of nitrogen functional groups attached to an aromatic ring is 1. The summed E-state index contributed by atoms with van der Waals surface area (Å²) in [6.07, 6.45) is 1.75. The van der Waals surface area contributed by atoms with Gasteiger partial charge in [-0.15, -0.1) is 0 Å². The van der Waals surface area contributed by atoms with Gasteiger partial charge in [0.25, 0.3) is 0 Å². The monoisotopic (exact) mass is 301 g/mol. The van der Waals surface area contributed by atoms with Gasteiger partial charge in [-0.1, -0.05) is 0 Å². The molecule has 0 saturated heterocycles. The fraction of sp³-hybridized carbons (Fsp3) is 0.615. The maximum atomic E-state index is 11.0. The summed E-state index contributed by atoms with van der Waals surface area (Å²) >= 11 is 0. The summed E-state index contributed by atoms with van der Waals surface area (Å²) in [5.74, 6) is 1.15. The fourth-order valence-electron chi connectivity index (χ4n) is 1.47. The Hall–Kier alpha value is -1.50. The molecule has 1 aromatic heterocycles. The largest absolute Gasteiger partial charge is 0.470 e. The summed E-state index contributed by atoms with van der Waals surface area (Å²) in [5, 5.41) is 3.06. The van der Waals surface area contributed by atoms with Crippen LogP contribution >= 0.6 is 0 Å². The van der Waals surface area contributed by atoms with Gasteiger partial charge in [0.15, 0.2) is 0 Å². The number of sulfone groups is 1. The minimum Gasteiger partial charge on any atom is -0.470 e. The highest BCUT2D eigenvalue weighted by Crippen LogP contribution is 2.24. The van der Waals surface area contributed by atoms with E-state index in [0.717, 1.165) is 0 Å². The molecule has 0 atom stereocenters. The van der Waals surface area contributed by atoms with Gasteiger partial charge in [0, 0.05) is 12.8 Å². The second-order valence-corrected chi connectivity index (χ2v) is 7.98. The van der Waals surface area contributed by atoms with Gasteiger partial charge in [-0.2, -0.15) is 4.98 Å². The van der Waals surface area contributed by atoms with Crippen molar-refractivity contribution >= 4 is 21.3 Å². The fourth-order valence-corrected chi connectivity index (χ4v) is 2.14. The Morgan fingerprint density at radius 1 is 1.35 bits per heavy atom. The lowest BCUT2D eigenvalue weighted by Gasteiger charge is -2.21. The lowest BCUT2D eigenvalue weighted by Crippen LogP contribution is -2.24. The molecule has 20 heavy (non-hydrogen) atoms. The number of pyridine rings is 1. The number of nitrogens with one attached hydrogen (secondary N) is 1. The van der Waals surface area contributed by atoms with Crippen molar-refractivity contribution in [3.05, 3.63) is 12.1 Å². The van der Waals surface area contributed by atoms with E-state index in [1.807, 2.05) is 20.8 Å². The zero-order valence-electron chi connectivity index (χ0n) is 12.4. The second-order valence-electron chi connectivity index (χ2n) is 5.72. The van der Waals surface area contributed by atoms with Gasteiger partial charge in [0.2, 0.25) is 5.88 Å². The number of rotatable bonds is 6. The predicted molar refractivity (Wildman–Crippen MR) is 81.8 cm³/mol. The van der Waals surface area contributed by atoms with Gasteiger partial charge in [-0.05, 0) is 39.3 Å². The Labute approximate surface area is 120 Å². The highest BCUT2D eigenvalue weighted by atomic mass is 32.2. The zero-order chi connectivity index (χ0) is 15.4. The molecule has 3 N–H and O–H groups in total. The molecule has 0 spiro atoms. The Kier molecular flexibility index (Phi) is 5.21. The quantitative estimate of drug-likeness (QED) is 0.776. The number of hydrogen-bond acceptors (Lipinski definition) is 6. The van der Waals surface area contributed by atoms with Gasteiger partial charge in [-0.3, -0.25) is 0 Å². The Bertz CT molecular complexity index is 550. The van der Waals surface area contributed by atoms with Crippen molar-refractivity contribution in [3.63, 3.8) is 0 Å². The van der Waals surface area contributed by atoms with Crippen molar-refractivity contribution < 1.29 is 13.2 Å². The molecule has 0 bridgehead atoms. The van der Waals surface area contributed by atoms with Crippen LogP contribution in [0.15, 0.2) is 12.1 Å². The van der Waals surface area contributed by atoms with Crippen LogP contribution in [0.25, 0.3) is 0 Å². The number of hydrogen-bond donors (Lipinski definition) is 2. The summed E-state index contributed by atoms with van der Waals surface area (Å²) in [6, 6.07) is 3.46. The molecule has 0 aliphatic carbocycles. The molecule has 114 valence electrons. The van der Waals surface area contributed by atoms with E-state index in [-0.39, 0.29) is 11.4 Å². The van der Waals surface area contributed by atoms with Crippen LogP contribution < -0.4 is 15.8 Å². The van der Waals surface area contributed by atoms with Gasteiger partial charge in [0.1, 0.15) is 21.3 Å². The topological polar surface area (TPSA) is 94.3 Å². The molecule has 7 heteroatoms. The summed E-state index contributed by atoms with van der Waals surface area (Å²) < 4.78 is 27.7. The van der Waals surface area contributed by atoms with Crippen molar-refractivity contribution in [2.24, 2.45) is 0 Å². The van der Waals surface area contributed by atoms with Crippen LogP contribution in [0, 0.1) is 0 Å². The first-order valence-electron chi connectivity index (χ1n) is 6.44. The number of ether oxygens (including phenoxy) is 1. The molecule has 0 amide bonds. The van der Waals surface area contributed by atoms with E-state index in [2.05, 4.69) is 10.3 Å². The van der Waals surface area contributed by atoms with Gasteiger partial charge >= 0.3 is 0 Å². The van der Waals surface area contributed by atoms with E-state index < -0.39 is 9.84 Å². The van der Waals surface area contributed by atoms with Crippen molar-refractivity contribution in [1.82, 2.24) is 4.98 Å². The third kappa shape index (κ3) is 6.60. The third-order valence-electron chi connectivity index (χ3n) is 2.29. The predicted octanol–water partition coefficient (Wildman–Crippen LogP) is 1.69. The van der Waals surface area contributed by atoms with Gasteiger partial charge in [-0.25, -0.2) is 8.42 Å². The van der Waals surface area contributed by atoms with Crippen LogP contribution in [-0.2, 0) is 9.84 Å². The minimum atomic E-state index is -2.92. The van der Waals surface area contributed by atoms with Crippen LogP contribution in [0.1, 0.15) is 27.2 Å². The molecule has 0 radical (unpaired) electrons. The number of aromatic nitrogens is 1. The molecule has 0 fully saturated rings. The highest BCUT2D eigenvalue weighted by Gasteiger charge is 2.15. The van der Waals surface area contributed by atoms with E-state index in [1.165, 1.54) is 6.26 Å². The summed E-state index contributed by atoms with van der Waals surface area (Å²) in [5.41, 5.74) is 5.91. The maximum absolute atomic E-state index is 11.0. The molecule has 0 aliphatic heterocycles. The van der Waals surface area contributed by atoms with Crippen molar-refractivity contribution in [1.29, 1.82) is 0 Å². The second kappa shape index (κ2) is 6.30. The SMILES string of the molecule is CC(C)(C)Oc1nc(NCCCS(C)(=O)=O)ccc1N. The number of nitrogens with two attached hydrogens (primary N) is 1. The molecule has 0 saturated carbocycles. The smallest absolute Gasteiger partial charge is 0.239 e. The minimum absolute atomic E-state index is 0.153. The standard InChI is InChI=1S/C13H23N3O3S/c1-13(2,3)19-12-10(14)6-7-11(16-12)15-8-5-9-20(4,17)18/h6-7H,5,8-9,14H2,1-4H3,(H,15,16). The first kappa shape index (κ1) is 16.6. The Morgan fingerprint density at radius 3 is 2.55 bits per heavy atom. The first-order valence-corrected chi connectivity index (χ1v) is 8.50. The average molecular weight is 301 g/mol. The highest BCUT2D eigenvalue weighted by molar-refractivity contribution is 7.90. The summed E-state index contributed by atoms with van der Waals surface area (Å²) in [7, 11) is -2.92. The lowest BCUT2D eigenvalue weighted by molar-refractivity contribution is 0.125. The molecular weight excluding hydrogens is 278 g/mol. The average Bonchev–Trinajstić information content (AvgIpc) is 2.25. The van der Waals surface area contributed by atoms with Gasteiger partial charge in [0.05, 0.1) is 11.4 Å². The Balaban J connectivity index is 2.61. The zero-order valence-corrected chi connectivity index (χ0v) is 13.3. The van der Waals surface area contributed by atoms with Gasteiger partial charge < -0.3 is 15.8 Å².